The number of rotatable bonds is 6. The van der Waals surface area contributed by atoms with E-state index < -0.39 is 0 Å². The maximum atomic E-state index is 12.9. The van der Waals surface area contributed by atoms with Gasteiger partial charge in [-0.3, -0.25) is 4.79 Å². The van der Waals surface area contributed by atoms with Gasteiger partial charge in [-0.15, -0.1) is 0 Å². The van der Waals surface area contributed by atoms with Crippen LogP contribution in [0.5, 0.6) is 11.5 Å². The van der Waals surface area contributed by atoms with Crippen molar-refractivity contribution < 1.29 is 18.7 Å². The van der Waals surface area contributed by atoms with E-state index in [1.807, 2.05) is 18.2 Å². The predicted octanol–water partition coefficient (Wildman–Crippen LogP) is 4.55. The first-order chi connectivity index (χ1) is 12.5. The van der Waals surface area contributed by atoms with E-state index in [0.717, 1.165) is 5.39 Å². The Bertz CT molecular complexity index is 917. The molecule has 1 aromatic heterocycles. The molecule has 3 rings (SSSR count). The highest BCUT2D eigenvalue weighted by molar-refractivity contribution is 6.30. The first-order valence-electron chi connectivity index (χ1n) is 8.20. The van der Waals surface area contributed by atoms with E-state index in [0.29, 0.717) is 46.6 Å². The molecule has 1 amide bonds. The molecule has 5 nitrogen and oxygen atoms in total. The smallest absolute Gasteiger partial charge is 0.257 e. The lowest BCUT2D eigenvalue weighted by Crippen LogP contribution is -2.31. The van der Waals surface area contributed by atoms with E-state index in [1.54, 1.807) is 50.2 Å². The number of fused-ring (bicyclic) bond motifs is 1. The zero-order chi connectivity index (χ0) is 18.7. The summed E-state index contributed by atoms with van der Waals surface area (Å²) in [5, 5.41) is 1.40. The molecule has 0 N–H and O–H groups in total. The molecule has 0 aliphatic heterocycles. The molecule has 0 saturated heterocycles. The molecule has 0 unspecified atom stereocenters. The van der Waals surface area contributed by atoms with E-state index in [2.05, 4.69) is 0 Å². The summed E-state index contributed by atoms with van der Waals surface area (Å²) in [6.45, 7) is 2.61. The number of aryl methyl sites for hydroxylation is 1. The Morgan fingerprint density at radius 3 is 2.54 bits per heavy atom. The third kappa shape index (κ3) is 3.78. The molecule has 0 spiro atoms. The molecule has 0 saturated carbocycles. The number of amides is 1. The second kappa shape index (κ2) is 7.70. The molecule has 0 atom stereocenters. The van der Waals surface area contributed by atoms with Gasteiger partial charge in [0.1, 0.15) is 29.4 Å². The summed E-state index contributed by atoms with van der Waals surface area (Å²) in [6.07, 6.45) is 0. The van der Waals surface area contributed by atoms with Gasteiger partial charge in [0.2, 0.25) is 0 Å². The summed E-state index contributed by atoms with van der Waals surface area (Å²) in [5.74, 6) is 1.86. The monoisotopic (exact) mass is 373 g/mol. The van der Waals surface area contributed by atoms with E-state index >= 15 is 0 Å². The minimum Gasteiger partial charge on any atom is -0.497 e. The van der Waals surface area contributed by atoms with Crippen molar-refractivity contribution in [2.24, 2.45) is 0 Å². The van der Waals surface area contributed by atoms with Crippen molar-refractivity contribution in [1.29, 1.82) is 0 Å². The van der Waals surface area contributed by atoms with Crippen molar-refractivity contribution in [1.82, 2.24) is 4.90 Å². The zero-order valence-corrected chi connectivity index (χ0v) is 15.7. The van der Waals surface area contributed by atoms with Crippen LogP contribution in [0, 0.1) is 6.92 Å². The summed E-state index contributed by atoms with van der Waals surface area (Å²) in [4.78, 5) is 14.5. The number of furan rings is 1. The highest BCUT2D eigenvalue weighted by Crippen LogP contribution is 2.29. The normalized spacial score (nSPS) is 10.8. The predicted molar refractivity (Wildman–Crippen MR) is 101 cm³/mol. The van der Waals surface area contributed by atoms with E-state index in [1.165, 1.54) is 0 Å². The second-order valence-corrected chi connectivity index (χ2v) is 6.36. The van der Waals surface area contributed by atoms with E-state index in [4.69, 9.17) is 25.5 Å². The van der Waals surface area contributed by atoms with Gasteiger partial charge in [-0.2, -0.15) is 0 Å². The summed E-state index contributed by atoms with van der Waals surface area (Å²) in [5.41, 5.74) is 1.21. The van der Waals surface area contributed by atoms with Crippen LogP contribution in [0.1, 0.15) is 16.1 Å². The van der Waals surface area contributed by atoms with Crippen molar-refractivity contribution >= 4 is 28.5 Å². The standard InChI is InChI=1S/C20H20ClNO4/c1-13-19(17-12-16(24-3)8-9-18(17)26-13)20(23)22(2)10-11-25-15-6-4-14(21)5-7-15/h4-9,12H,10-11H2,1-3H3. The van der Waals surface area contributed by atoms with Crippen molar-refractivity contribution in [3.63, 3.8) is 0 Å². The maximum absolute atomic E-state index is 12.9. The minimum atomic E-state index is -0.116. The SMILES string of the molecule is COc1ccc2oc(C)c(C(=O)N(C)CCOc3ccc(Cl)cc3)c2c1. The molecule has 6 heteroatoms. The van der Waals surface area contributed by atoms with Crippen LogP contribution in [-0.2, 0) is 0 Å². The van der Waals surface area contributed by atoms with Crippen LogP contribution >= 0.6 is 11.6 Å². The fourth-order valence-corrected chi connectivity index (χ4v) is 2.84. The molecular weight excluding hydrogens is 354 g/mol. The second-order valence-electron chi connectivity index (χ2n) is 5.92. The summed E-state index contributed by atoms with van der Waals surface area (Å²) in [7, 11) is 3.34. The lowest BCUT2D eigenvalue weighted by molar-refractivity contribution is 0.0773. The quantitative estimate of drug-likeness (QED) is 0.635. The fraction of sp³-hybridized carbons (Fsp3) is 0.250. The minimum absolute atomic E-state index is 0.116. The Kier molecular flexibility index (Phi) is 5.38. The number of carbonyl (C=O) groups excluding carboxylic acids is 1. The van der Waals surface area contributed by atoms with Crippen LogP contribution < -0.4 is 9.47 Å². The average Bonchev–Trinajstić information content (AvgIpc) is 2.97. The Morgan fingerprint density at radius 1 is 1.15 bits per heavy atom. The Hall–Kier alpha value is -2.66. The van der Waals surface area contributed by atoms with Gasteiger partial charge in [0, 0.05) is 17.5 Å². The number of ether oxygens (including phenoxy) is 2. The number of hydrogen-bond acceptors (Lipinski definition) is 4. The van der Waals surface area contributed by atoms with Crippen LogP contribution in [-0.4, -0.2) is 38.1 Å². The van der Waals surface area contributed by atoms with Crippen LogP contribution in [0.3, 0.4) is 0 Å². The molecule has 0 aliphatic rings. The molecule has 2 aromatic carbocycles. The van der Waals surface area contributed by atoms with Crippen LogP contribution in [0.25, 0.3) is 11.0 Å². The van der Waals surface area contributed by atoms with Crippen molar-refractivity contribution in [2.75, 3.05) is 27.3 Å². The van der Waals surface area contributed by atoms with Gasteiger partial charge in [-0.1, -0.05) is 11.6 Å². The number of likely N-dealkylation sites (N-methyl/N-ethyl adjacent to an activating group) is 1. The number of nitrogens with zero attached hydrogens (tertiary/aromatic N) is 1. The van der Waals surface area contributed by atoms with Gasteiger partial charge in [-0.25, -0.2) is 0 Å². The number of methoxy groups -OCH3 is 1. The van der Waals surface area contributed by atoms with Gasteiger partial charge in [0.05, 0.1) is 19.2 Å². The lowest BCUT2D eigenvalue weighted by Gasteiger charge is -2.17. The molecule has 26 heavy (non-hydrogen) atoms. The summed E-state index contributed by atoms with van der Waals surface area (Å²) >= 11 is 5.85. The number of benzene rings is 2. The first-order valence-corrected chi connectivity index (χ1v) is 8.58. The van der Waals surface area contributed by atoms with Gasteiger partial charge >= 0.3 is 0 Å². The largest absolute Gasteiger partial charge is 0.497 e. The van der Waals surface area contributed by atoms with Crippen LogP contribution in [0.4, 0.5) is 0 Å². The maximum Gasteiger partial charge on any atom is 0.257 e. The fourth-order valence-electron chi connectivity index (χ4n) is 2.72. The van der Waals surface area contributed by atoms with Crippen molar-refractivity contribution in [3.05, 3.63) is 58.8 Å². The van der Waals surface area contributed by atoms with Crippen LogP contribution in [0.15, 0.2) is 46.9 Å². The van der Waals surface area contributed by atoms with Gasteiger partial charge < -0.3 is 18.8 Å². The molecule has 0 radical (unpaired) electrons. The topological polar surface area (TPSA) is 51.9 Å². The molecule has 0 bridgehead atoms. The number of halogens is 1. The Labute approximate surface area is 157 Å². The Balaban J connectivity index is 1.71. The third-order valence-electron chi connectivity index (χ3n) is 4.14. The molecule has 3 aromatic rings. The van der Waals surface area contributed by atoms with Crippen molar-refractivity contribution in [3.8, 4) is 11.5 Å². The zero-order valence-electron chi connectivity index (χ0n) is 14.9. The van der Waals surface area contributed by atoms with Gasteiger partial charge in [0.25, 0.3) is 5.91 Å². The summed E-state index contributed by atoms with van der Waals surface area (Å²) < 4.78 is 16.6. The lowest BCUT2D eigenvalue weighted by atomic mass is 10.1. The van der Waals surface area contributed by atoms with Gasteiger partial charge in [0.15, 0.2) is 0 Å². The van der Waals surface area contributed by atoms with E-state index in [9.17, 15) is 4.79 Å². The Morgan fingerprint density at radius 2 is 1.85 bits per heavy atom. The van der Waals surface area contributed by atoms with E-state index in [-0.39, 0.29) is 5.91 Å². The number of carbonyl (C=O) groups is 1. The van der Waals surface area contributed by atoms with Crippen LogP contribution in [0.2, 0.25) is 5.02 Å². The average molecular weight is 374 g/mol. The third-order valence-corrected chi connectivity index (χ3v) is 4.39. The highest BCUT2D eigenvalue weighted by atomic mass is 35.5. The molecular formula is C20H20ClNO4. The first kappa shape index (κ1) is 18.1. The number of hydrogen-bond donors (Lipinski definition) is 0. The molecule has 1 heterocycles. The molecule has 0 fully saturated rings. The highest BCUT2D eigenvalue weighted by Gasteiger charge is 2.21. The molecule has 0 aliphatic carbocycles. The van der Waals surface area contributed by atoms with Gasteiger partial charge in [-0.05, 0) is 49.4 Å². The van der Waals surface area contributed by atoms with Crippen molar-refractivity contribution in [2.45, 2.75) is 6.92 Å². The summed E-state index contributed by atoms with van der Waals surface area (Å²) in [6, 6.07) is 12.6. The molecule has 136 valence electrons.